The fraction of sp³-hybridized carbons (Fsp3) is 0.562. The summed E-state index contributed by atoms with van der Waals surface area (Å²) < 4.78 is 35.0. The Kier molecular flexibility index (Phi) is 4.68. The van der Waals surface area contributed by atoms with Gasteiger partial charge in [0.25, 0.3) is 0 Å². The molecule has 1 aromatic carbocycles. The van der Waals surface area contributed by atoms with Crippen molar-refractivity contribution in [2.75, 3.05) is 24.5 Å². The number of nitrogens with zero attached hydrogens (tertiary/aromatic N) is 2. The van der Waals surface area contributed by atoms with Gasteiger partial charge in [0.05, 0.1) is 0 Å². The van der Waals surface area contributed by atoms with E-state index in [0.717, 1.165) is 25.2 Å². The molecule has 1 atom stereocenters. The van der Waals surface area contributed by atoms with E-state index in [1.807, 2.05) is 24.3 Å². The Labute approximate surface area is 136 Å². The number of amides is 1. The van der Waals surface area contributed by atoms with Gasteiger partial charge in [-0.15, -0.1) is 3.89 Å². The highest BCUT2D eigenvalue weighted by Crippen LogP contribution is 2.26. The molecule has 0 bridgehead atoms. The average Bonchev–Trinajstić information content (AvgIpc) is 2.91. The Morgan fingerprint density at radius 1 is 1.09 bits per heavy atom. The molecule has 0 aliphatic carbocycles. The largest absolute Gasteiger partial charge is 0.311 e. The van der Waals surface area contributed by atoms with Crippen LogP contribution in [0.25, 0.3) is 0 Å². The highest BCUT2D eigenvalue weighted by atomic mass is 32.3. The zero-order valence-electron chi connectivity index (χ0n) is 12.9. The van der Waals surface area contributed by atoms with Crippen molar-refractivity contribution in [2.24, 2.45) is 0 Å². The summed E-state index contributed by atoms with van der Waals surface area (Å²) in [6, 6.07) is 7.53. The lowest BCUT2D eigenvalue weighted by Crippen LogP contribution is -2.29. The van der Waals surface area contributed by atoms with Crippen LogP contribution in [-0.2, 0) is 21.6 Å². The van der Waals surface area contributed by atoms with Crippen LogP contribution < -0.4 is 4.90 Å². The second kappa shape index (κ2) is 6.57. The average molecular weight is 340 g/mol. The maximum absolute atomic E-state index is 13.1. The summed E-state index contributed by atoms with van der Waals surface area (Å²) in [4.78, 5) is 15.7. The Bertz CT molecular complexity index is 669. The lowest BCUT2D eigenvalue weighted by atomic mass is 10.1. The summed E-state index contributed by atoms with van der Waals surface area (Å²) in [7, 11) is -4.67. The summed E-state index contributed by atoms with van der Waals surface area (Å²) in [6.07, 6.45) is 3.48. The van der Waals surface area contributed by atoms with E-state index in [0.29, 0.717) is 5.69 Å². The van der Waals surface area contributed by atoms with Gasteiger partial charge in [-0.1, -0.05) is 18.6 Å². The standard InChI is InChI=1S/C16H21FN2O3S/c17-23(21,22)15-10-16(20)19(12-15)14-6-4-13(5-7-14)11-18-8-2-1-3-9-18/h4-7,15H,1-3,8-12H2. The normalized spacial score (nSPS) is 23.4. The monoisotopic (exact) mass is 340 g/mol. The Morgan fingerprint density at radius 3 is 2.30 bits per heavy atom. The second-order valence-corrected chi connectivity index (χ2v) is 7.93. The van der Waals surface area contributed by atoms with Gasteiger partial charge >= 0.3 is 10.2 Å². The molecule has 5 nitrogen and oxygen atoms in total. The lowest BCUT2D eigenvalue weighted by molar-refractivity contribution is -0.117. The first kappa shape index (κ1) is 16.4. The van der Waals surface area contributed by atoms with Crippen LogP contribution in [0.1, 0.15) is 31.2 Å². The van der Waals surface area contributed by atoms with Crippen molar-refractivity contribution in [1.82, 2.24) is 4.90 Å². The summed E-state index contributed by atoms with van der Waals surface area (Å²) >= 11 is 0. The van der Waals surface area contributed by atoms with Crippen LogP contribution in [0, 0.1) is 0 Å². The third-order valence-electron chi connectivity index (χ3n) is 4.59. The number of hydrogen-bond donors (Lipinski definition) is 0. The second-order valence-electron chi connectivity index (χ2n) is 6.31. The molecule has 1 unspecified atom stereocenters. The van der Waals surface area contributed by atoms with E-state index in [1.165, 1.54) is 24.2 Å². The van der Waals surface area contributed by atoms with E-state index in [1.54, 1.807) is 0 Å². The Hall–Kier alpha value is -1.47. The first-order valence-corrected chi connectivity index (χ1v) is 9.43. The van der Waals surface area contributed by atoms with Crippen LogP contribution in [0.5, 0.6) is 0 Å². The van der Waals surface area contributed by atoms with E-state index in [-0.39, 0.29) is 18.9 Å². The van der Waals surface area contributed by atoms with Crippen LogP contribution in [-0.4, -0.2) is 44.1 Å². The SMILES string of the molecule is O=C1CC(S(=O)(=O)F)CN1c1ccc(CN2CCCCC2)cc1. The van der Waals surface area contributed by atoms with Gasteiger partial charge in [0.1, 0.15) is 5.25 Å². The van der Waals surface area contributed by atoms with Crippen molar-refractivity contribution in [3.05, 3.63) is 29.8 Å². The third kappa shape index (κ3) is 3.90. The van der Waals surface area contributed by atoms with Crippen LogP contribution in [0.3, 0.4) is 0 Å². The van der Waals surface area contributed by atoms with Gasteiger partial charge in [0.15, 0.2) is 0 Å². The molecule has 1 aromatic rings. The number of carbonyl (C=O) groups excluding carboxylic acids is 1. The number of likely N-dealkylation sites (tertiary alicyclic amines) is 1. The first-order chi connectivity index (χ1) is 10.9. The fourth-order valence-corrected chi connectivity index (χ4v) is 3.94. The molecule has 0 saturated carbocycles. The van der Waals surface area contributed by atoms with Gasteiger partial charge in [-0.05, 0) is 43.6 Å². The van der Waals surface area contributed by atoms with Crippen molar-refractivity contribution in [3.8, 4) is 0 Å². The van der Waals surface area contributed by atoms with Gasteiger partial charge in [-0.2, -0.15) is 8.42 Å². The number of carbonyl (C=O) groups is 1. The van der Waals surface area contributed by atoms with Crippen molar-refractivity contribution >= 4 is 21.8 Å². The zero-order chi connectivity index (χ0) is 16.4. The minimum absolute atomic E-state index is 0.108. The molecule has 0 spiro atoms. The van der Waals surface area contributed by atoms with Crippen LogP contribution in [0.4, 0.5) is 9.57 Å². The number of hydrogen-bond acceptors (Lipinski definition) is 4. The lowest BCUT2D eigenvalue weighted by Gasteiger charge is -2.26. The third-order valence-corrected chi connectivity index (χ3v) is 5.70. The molecule has 0 N–H and O–H groups in total. The smallest absolute Gasteiger partial charge is 0.307 e. The molecule has 2 saturated heterocycles. The molecule has 23 heavy (non-hydrogen) atoms. The van der Waals surface area contributed by atoms with E-state index in [4.69, 9.17) is 0 Å². The van der Waals surface area contributed by atoms with Gasteiger partial charge in [0.2, 0.25) is 5.91 Å². The summed E-state index contributed by atoms with van der Waals surface area (Å²) in [6.45, 7) is 3.00. The summed E-state index contributed by atoms with van der Waals surface area (Å²) in [5, 5.41) is -1.25. The number of anilines is 1. The van der Waals surface area contributed by atoms with Gasteiger partial charge in [0, 0.05) is 25.2 Å². The Balaban J connectivity index is 1.66. The van der Waals surface area contributed by atoms with Crippen LogP contribution in [0.15, 0.2) is 24.3 Å². The molecule has 2 fully saturated rings. The van der Waals surface area contributed by atoms with Gasteiger partial charge < -0.3 is 4.90 Å². The minimum Gasteiger partial charge on any atom is -0.311 e. The van der Waals surface area contributed by atoms with Crippen molar-refractivity contribution in [2.45, 2.75) is 37.5 Å². The Morgan fingerprint density at radius 2 is 1.74 bits per heavy atom. The summed E-state index contributed by atoms with van der Waals surface area (Å²) in [5.41, 5.74) is 1.79. The highest BCUT2D eigenvalue weighted by molar-refractivity contribution is 7.87. The molecular weight excluding hydrogens is 319 g/mol. The maximum atomic E-state index is 13.1. The quantitative estimate of drug-likeness (QED) is 0.788. The highest BCUT2D eigenvalue weighted by Gasteiger charge is 2.38. The fourth-order valence-electron chi connectivity index (χ4n) is 3.27. The topological polar surface area (TPSA) is 57.7 Å². The molecule has 7 heteroatoms. The molecule has 0 radical (unpaired) electrons. The van der Waals surface area contributed by atoms with Gasteiger partial charge in [-0.3, -0.25) is 9.69 Å². The van der Waals surface area contributed by atoms with E-state index >= 15 is 0 Å². The molecule has 126 valence electrons. The molecule has 2 heterocycles. The predicted octanol–water partition coefficient (Wildman–Crippen LogP) is 2.08. The number of piperidine rings is 1. The molecule has 2 aliphatic rings. The molecule has 3 rings (SSSR count). The van der Waals surface area contributed by atoms with Gasteiger partial charge in [-0.25, -0.2) is 0 Å². The minimum atomic E-state index is -4.67. The molecule has 1 amide bonds. The van der Waals surface area contributed by atoms with Crippen LogP contribution in [0.2, 0.25) is 0 Å². The molecule has 0 aromatic heterocycles. The van der Waals surface area contributed by atoms with E-state index in [2.05, 4.69) is 4.90 Å². The number of benzene rings is 1. The number of halogens is 1. The van der Waals surface area contributed by atoms with Crippen molar-refractivity contribution in [3.63, 3.8) is 0 Å². The predicted molar refractivity (Wildman–Crippen MR) is 86.4 cm³/mol. The molecule has 2 aliphatic heterocycles. The van der Waals surface area contributed by atoms with E-state index in [9.17, 15) is 17.1 Å². The molecular formula is C16H21FN2O3S. The zero-order valence-corrected chi connectivity index (χ0v) is 13.8. The maximum Gasteiger partial charge on any atom is 0.307 e. The van der Waals surface area contributed by atoms with Crippen LogP contribution >= 0.6 is 0 Å². The number of rotatable bonds is 4. The van der Waals surface area contributed by atoms with Crippen molar-refractivity contribution in [1.29, 1.82) is 0 Å². The van der Waals surface area contributed by atoms with Crippen molar-refractivity contribution < 1.29 is 17.1 Å². The first-order valence-electron chi connectivity index (χ1n) is 7.98. The summed E-state index contributed by atoms with van der Waals surface area (Å²) in [5.74, 6) is -0.347. The van der Waals surface area contributed by atoms with E-state index < -0.39 is 15.5 Å².